The van der Waals surface area contributed by atoms with Crippen LogP contribution in [0.3, 0.4) is 0 Å². The molecule has 0 nitrogen and oxygen atoms in total. The first-order chi connectivity index (χ1) is 4.83. The van der Waals surface area contributed by atoms with Crippen LogP contribution in [0.25, 0.3) is 0 Å². The fourth-order valence-electron chi connectivity index (χ4n) is 0.938. The number of aryl methyl sites for hydroxylation is 1. The maximum Gasteiger partial charge on any atom is -1.00 e. The molecule has 0 heterocycles. The minimum Gasteiger partial charge on any atom is -1.00 e. The Morgan fingerprint density at radius 2 is 1.73 bits per heavy atom. The quantitative estimate of drug-likeness (QED) is 0.482. The monoisotopic (exact) mass is 166 g/mol. The molecule has 0 bridgehead atoms. The Labute approximate surface area is 73.7 Å². The number of rotatable bonds is 2. The van der Waals surface area contributed by atoms with Crippen LogP contribution in [-0.4, -0.2) is 15.2 Å². The van der Waals surface area contributed by atoms with Crippen LogP contribution >= 0.6 is 0 Å². The van der Waals surface area contributed by atoms with Crippen molar-refractivity contribution in [2.75, 3.05) is 0 Å². The molecule has 0 radical (unpaired) electrons. The second-order valence-corrected chi connectivity index (χ2v) is 4.41. The van der Waals surface area contributed by atoms with Crippen LogP contribution in [-0.2, 0) is 0 Å². The molecule has 0 saturated carbocycles. The second kappa shape index (κ2) is 5.35. The summed E-state index contributed by atoms with van der Waals surface area (Å²) in [7, 11) is 0. The zero-order valence-corrected chi connectivity index (χ0v) is 8.13. The van der Waals surface area contributed by atoms with Gasteiger partial charge in [0.25, 0.3) is 0 Å². The zero-order chi connectivity index (χ0) is 7.40. The van der Waals surface area contributed by atoms with Gasteiger partial charge in [-0.05, 0) is 0 Å². The second-order valence-electron chi connectivity index (χ2n) is 2.52. The molecule has 0 aliphatic rings. The SMILES string of the molecule is C[CH2][Al+][c]1ccc(C)cc1.[F-]. The smallest absolute Gasteiger partial charge is 1.00 e. The van der Waals surface area contributed by atoms with E-state index in [2.05, 4.69) is 38.1 Å². The fourth-order valence-corrected chi connectivity index (χ4v) is 1.87. The third-order valence-corrected chi connectivity index (χ3v) is 2.78. The first-order valence-electron chi connectivity index (χ1n) is 3.73. The molecule has 0 atom stereocenters. The van der Waals surface area contributed by atoms with Gasteiger partial charge in [-0.1, -0.05) is 0 Å². The van der Waals surface area contributed by atoms with Crippen molar-refractivity contribution in [2.24, 2.45) is 0 Å². The van der Waals surface area contributed by atoms with Crippen molar-refractivity contribution < 1.29 is 4.70 Å². The topological polar surface area (TPSA) is 0 Å². The van der Waals surface area contributed by atoms with Crippen molar-refractivity contribution in [1.29, 1.82) is 0 Å². The summed E-state index contributed by atoms with van der Waals surface area (Å²) in [6, 6.07) is 8.87. The summed E-state index contributed by atoms with van der Waals surface area (Å²) in [5.74, 6) is 0. The Morgan fingerprint density at radius 3 is 2.18 bits per heavy atom. The van der Waals surface area contributed by atoms with Crippen molar-refractivity contribution in [3.8, 4) is 0 Å². The van der Waals surface area contributed by atoms with E-state index in [4.69, 9.17) is 0 Å². The van der Waals surface area contributed by atoms with Crippen LogP contribution in [0.4, 0.5) is 0 Å². The van der Waals surface area contributed by atoms with Gasteiger partial charge in [-0.3, -0.25) is 0 Å². The molecular weight excluding hydrogens is 154 g/mol. The van der Waals surface area contributed by atoms with E-state index in [0.717, 1.165) is 0 Å². The van der Waals surface area contributed by atoms with Crippen LogP contribution in [0.2, 0.25) is 5.28 Å². The normalized spacial score (nSPS) is 8.18. The van der Waals surface area contributed by atoms with Crippen LogP contribution in [0, 0.1) is 6.92 Å². The minimum atomic E-state index is 0. The maximum atomic E-state index is 2.25. The van der Waals surface area contributed by atoms with Crippen LogP contribution in [0.1, 0.15) is 12.5 Å². The summed E-state index contributed by atoms with van der Waals surface area (Å²) < 4.78 is 1.54. The van der Waals surface area contributed by atoms with Crippen molar-refractivity contribution in [3.05, 3.63) is 29.8 Å². The number of hydrogen-bond donors (Lipinski definition) is 0. The van der Waals surface area contributed by atoms with Gasteiger partial charge in [0.1, 0.15) is 0 Å². The van der Waals surface area contributed by atoms with Crippen molar-refractivity contribution in [3.63, 3.8) is 0 Å². The Morgan fingerprint density at radius 1 is 1.18 bits per heavy atom. The molecule has 0 saturated heterocycles. The molecule has 58 valence electrons. The standard InChI is InChI=1S/C7H7.C2H5.Al.FH/c1-7-5-3-2-4-6-7;1-2;;/h3-6H,1H3;1H2,2H3;;1H/q;;+1;/p-1. The molecule has 0 aromatic heterocycles. The van der Waals surface area contributed by atoms with Gasteiger partial charge < -0.3 is 4.70 Å². The molecule has 0 unspecified atom stereocenters. The van der Waals surface area contributed by atoms with E-state index < -0.39 is 0 Å². The van der Waals surface area contributed by atoms with Crippen LogP contribution in [0.15, 0.2) is 24.3 Å². The van der Waals surface area contributed by atoms with Crippen molar-refractivity contribution >= 4 is 19.6 Å². The van der Waals surface area contributed by atoms with Crippen LogP contribution < -0.4 is 9.13 Å². The molecule has 1 rings (SSSR count). The number of hydrogen-bond acceptors (Lipinski definition) is 0. The van der Waals surface area contributed by atoms with Gasteiger partial charge in [-0.15, -0.1) is 0 Å². The first-order valence-corrected chi connectivity index (χ1v) is 5.12. The molecule has 0 aliphatic carbocycles. The Hall–Kier alpha value is -0.318. The van der Waals surface area contributed by atoms with E-state index in [9.17, 15) is 0 Å². The van der Waals surface area contributed by atoms with E-state index >= 15 is 0 Å². The number of halogens is 1. The van der Waals surface area contributed by atoms with E-state index in [0.29, 0.717) is 15.2 Å². The fraction of sp³-hybridized carbons (Fsp3) is 0.333. The molecule has 0 aliphatic heterocycles. The third-order valence-electron chi connectivity index (χ3n) is 1.52. The van der Waals surface area contributed by atoms with E-state index in [-0.39, 0.29) is 4.70 Å². The number of benzene rings is 1. The molecule has 1 aromatic carbocycles. The molecule has 1 aromatic rings. The van der Waals surface area contributed by atoms with Crippen molar-refractivity contribution in [2.45, 2.75) is 19.1 Å². The summed E-state index contributed by atoms with van der Waals surface area (Å²) in [6.45, 7) is 4.38. The van der Waals surface area contributed by atoms with Gasteiger partial charge in [-0.2, -0.15) is 0 Å². The first kappa shape index (κ1) is 10.7. The van der Waals surface area contributed by atoms with E-state index in [1.54, 1.807) is 0 Å². The van der Waals surface area contributed by atoms with Gasteiger partial charge in [-0.25, -0.2) is 0 Å². The van der Waals surface area contributed by atoms with Gasteiger partial charge in [0.05, 0.1) is 0 Å². The predicted octanol–water partition coefficient (Wildman–Crippen LogP) is -1.23. The average molecular weight is 166 g/mol. The predicted molar refractivity (Wildman–Crippen MR) is 47.0 cm³/mol. The maximum absolute atomic E-state index is 2.25. The van der Waals surface area contributed by atoms with E-state index in [1.807, 2.05) is 0 Å². The summed E-state index contributed by atoms with van der Waals surface area (Å²) in [6.07, 6.45) is 0. The molecule has 11 heavy (non-hydrogen) atoms. The summed E-state index contributed by atoms with van der Waals surface area (Å²) in [5, 5.41) is 1.32. The molecule has 0 fully saturated rings. The van der Waals surface area contributed by atoms with Gasteiger partial charge in [0.2, 0.25) is 0 Å². The molecule has 0 spiro atoms. The van der Waals surface area contributed by atoms with Gasteiger partial charge in [0.15, 0.2) is 0 Å². The average Bonchev–Trinajstić information content (AvgIpc) is 1.95. The summed E-state index contributed by atoms with van der Waals surface area (Å²) in [5.41, 5.74) is 1.36. The van der Waals surface area contributed by atoms with Gasteiger partial charge in [0, 0.05) is 0 Å². The zero-order valence-electron chi connectivity index (χ0n) is 6.97. The molecular formula is C9H12AlF. The largest absolute Gasteiger partial charge is 1.00 e. The Kier molecular flexibility index (Phi) is 5.19. The molecule has 2 heteroatoms. The van der Waals surface area contributed by atoms with E-state index in [1.165, 1.54) is 15.3 Å². The molecule has 0 amide bonds. The Bertz CT molecular complexity index is 193. The molecule has 0 N–H and O–H groups in total. The summed E-state index contributed by atoms with van der Waals surface area (Å²) in [4.78, 5) is 0. The van der Waals surface area contributed by atoms with Gasteiger partial charge >= 0.3 is 68.6 Å². The summed E-state index contributed by atoms with van der Waals surface area (Å²) >= 11 is 0.533. The Balaban J connectivity index is 0.000001000. The van der Waals surface area contributed by atoms with Crippen LogP contribution in [0.5, 0.6) is 0 Å². The third kappa shape index (κ3) is 3.55. The van der Waals surface area contributed by atoms with Crippen molar-refractivity contribution in [1.82, 2.24) is 0 Å². The minimum absolute atomic E-state index is 0.